The van der Waals surface area contributed by atoms with E-state index in [4.69, 9.17) is 4.74 Å². The van der Waals surface area contributed by atoms with E-state index in [0.29, 0.717) is 11.5 Å². The van der Waals surface area contributed by atoms with E-state index in [1.54, 1.807) is 6.20 Å². The van der Waals surface area contributed by atoms with Gasteiger partial charge in [-0.05, 0) is 74.2 Å². The largest absolute Gasteiger partial charge is 0.490 e. The smallest absolute Gasteiger partial charge is 0.255 e. The second-order valence-corrected chi connectivity index (χ2v) is 6.66. The third kappa shape index (κ3) is 3.02. The van der Waals surface area contributed by atoms with Crippen molar-refractivity contribution < 1.29 is 4.74 Å². The molecular formula is C18H22N2O2. The first-order chi connectivity index (χ1) is 10.8. The molecule has 4 nitrogen and oxygen atoms in total. The van der Waals surface area contributed by atoms with Crippen molar-refractivity contribution in [2.45, 2.75) is 44.2 Å². The molecule has 2 unspecified atom stereocenters. The van der Waals surface area contributed by atoms with Gasteiger partial charge in [-0.1, -0.05) is 0 Å². The number of aromatic nitrogens is 1. The number of aromatic amines is 1. The Kier molecular flexibility index (Phi) is 3.62. The van der Waals surface area contributed by atoms with Crippen molar-refractivity contribution in [3.05, 3.63) is 40.8 Å². The van der Waals surface area contributed by atoms with E-state index in [1.807, 2.05) is 24.3 Å². The van der Waals surface area contributed by atoms with Crippen LogP contribution >= 0.6 is 0 Å². The number of benzene rings is 1. The molecule has 1 aromatic heterocycles. The Morgan fingerprint density at radius 2 is 2.09 bits per heavy atom. The fourth-order valence-electron chi connectivity index (χ4n) is 3.38. The lowest BCUT2D eigenvalue weighted by Gasteiger charge is -2.15. The summed E-state index contributed by atoms with van der Waals surface area (Å²) in [5.74, 6) is 1.62. The molecule has 2 saturated carbocycles. The van der Waals surface area contributed by atoms with Gasteiger partial charge in [-0.15, -0.1) is 0 Å². The highest BCUT2D eigenvalue weighted by Crippen LogP contribution is 2.30. The number of fused-ring (bicyclic) bond motifs is 1. The quantitative estimate of drug-likeness (QED) is 0.892. The third-order valence-electron chi connectivity index (χ3n) is 4.81. The predicted molar refractivity (Wildman–Crippen MR) is 87.4 cm³/mol. The van der Waals surface area contributed by atoms with Gasteiger partial charge in [-0.3, -0.25) is 4.79 Å². The highest BCUT2D eigenvalue weighted by Gasteiger charge is 2.28. The summed E-state index contributed by atoms with van der Waals surface area (Å²) in [6.07, 6.45) is 8.20. The van der Waals surface area contributed by atoms with E-state index in [2.05, 4.69) is 10.3 Å². The zero-order valence-corrected chi connectivity index (χ0v) is 12.7. The molecule has 0 radical (unpaired) electrons. The number of hydrogen-bond acceptors (Lipinski definition) is 3. The van der Waals surface area contributed by atoms with Crippen LogP contribution in [0.5, 0.6) is 5.75 Å². The van der Waals surface area contributed by atoms with Crippen molar-refractivity contribution in [3.8, 4) is 5.75 Å². The molecular weight excluding hydrogens is 276 g/mol. The molecule has 1 heterocycles. The van der Waals surface area contributed by atoms with E-state index in [-0.39, 0.29) is 5.56 Å². The minimum Gasteiger partial charge on any atom is -0.490 e. The van der Waals surface area contributed by atoms with Crippen molar-refractivity contribution in [2.75, 3.05) is 6.54 Å². The van der Waals surface area contributed by atoms with Gasteiger partial charge in [0.05, 0.1) is 6.10 Å². The summed E-state index contributed by atoms with van der Waals surface area (Å²) in [4.78, 5) is 14.4. The molecule has 22 heavy (non-hydrogen) atoms. The molecule has 116 valence electrons. The van der Waals surface area contributed by atoms with Gasteiger partial charge in [-0.2, -0.15) is 0 Å². The number of ether oxygens (including phenoxy) is 1. The van der Waals surface area contributed by atoms with Crippen molar-refractivity contribution >= 4 is 10.8 Å². The van der Waals surface area contributed by atoms with E-state index in [1.165, 1.54) is 19.3 Å². The van der Waals surface area contributed by atoms with Crippen LogP contribution in [0.25, 0.3) is 10.8 Å². The van der Waals surface area contributed by atoms with Crippen molar-refractivity contribution in [3.63, 3.8) is 0 Å². The first-order valence-electron chi connectivity index (χ1n) is 8.29. The lowest BCUT2D eigenvalue weighted by Crippen LogP contribution is -2.24. The fourth-order valence-corrected chi connectivity index (χ4v) is 3.38. The van der Waals surface area contributed by atoms with Gasteiger partial charge >= 0.3 is 0 Å². The topological polar surface area (TPSA) is 54.1 Å². The molecule has 0 amide bonds. The Morgan fingerprint density at radius 3 is 2.95 bits per heavy atom. The van der Waals surface area contributed by atoms with Crippen LogP contribution in [0.4, 0.5) is 0 Å². The fraction of sp³-hybridized carbons (Fsp3) is 0.500. The summed E-state index contributed by atoms with van der Waals surface area (Å²) >= 11 is 0. The van der Waals surface area contributed by atoms with Gasteiger partial charge in [0, 0.05) is 17.6 Å². The van der Waals surface area contributed by atoms with Crippen LogP contribution < -0.4 is 15.6 Å². The molecule has 0 saturated heterocycles. The van der Waals surface area contributed by atoms with E-state index in [0.717, 1.165) is 42.5 Å². The standard InChI is InChI=1S/C18H22N2O2/c21-18-17-6-5-16(10-13(17)7-8-19-18)22-15-4-1-12(9-15)11-20-14-2-3-14/h5-8,10,12,14-15,20H,1-4,9,11H2,(H,19,21). The third-order valence-corrected chi connectivity index (χ3v) is 4.81. The molecule has 0 aliphatic heterocycles. The molecule has 2 fully saturated rings. The highest BCUT2D eigenvalue weighted by atomic mass is 16.5. The van der Waals surface area contributed by atoms with E-state index in [9.17, 15) is 4.79 Å². The number of hydrogen-bond donors (Lipinski definition) is 2. The van der Waals surface area contributed by atoms with Gasteiger partial charge in [0.15, 0.2) is 0 Å². The van der Waals surface area contributed by atoms with Crippen LogP contribution in [0.2, 0.25) is 0 Å². The van der Waals surface area contributed by atoms with E-state index >= 15 is 0 Å². The monoisotopic (exact) mass is 298 g/mol. The average Bonchev–Trinajstić information content (AvgIpc) is 3.25. The Bertz CT molecular complexity index is 720. The normalized spacial score (nSPS) is 24.7. The van der Waals surface area contributed by atoms with Crippen LogP contribution in [0.1, 0.15) is 32.1 Å². The van der Waals surface area contributed by atoms with E-state index < -0.39 is 0 Å². The van der Waals surface area contributed by atoms with Gasteiger partial charge < -0.3 is 15.0 Å². The SMILES string of the molecule is O=c1[nH]ccc2cc(OC3CCC(CNC4CC4)C3)ccc12. The summed E-state index contributed by atoms with van der Waals surface area (Å²) in [7, 11) is 0. The number of rotatable bonds is 5. The zero-order chi connectivity index (χ0) is 14.9. The number of H-pyrrole nitrogens is 1. The molecule has 2 aromatic rings. The highest BCUT2D eigenvalue weighted by molar-refractivity contribution is 5.82. The lowest BCUT2D eigenvalue weighted by molar-refractivity contribution is 0.204. The zero-order valence-electron chi connectivity index (χ0n) is 12.7. The van der Waals surface area contributed by atoms with Gasteiger partial charge in [0.25, 0.3) is 5.56 Å². The Hall–Kier alpha value is -1.81. The van der Waals surface area contributed by atoms with Gasteiger partial charge in [0.2, 0.25) is 0 Å². The minimum atomic E-state index is -0.0452. The number of nitrogens with one attached hydrogen (secondary N) is 2. The first-order valence-corrected chi connectivity index (χ1v) is 8.29. The lowest BCUT2D eigenvalue weighted by atomic mass is 10.1. The summed E-state index contributed by atoms with van der Waals surface area (Å²) in [6.45, 7) is 1.14. The molecule has 0 bridgehead atoms. The van der Waals surface area contributed by atoms with Gasteiger partial charge in [-0.25, -0.2) is 0 Å². The van der Waals surface area contributed by atoms with Crippen LogP contribution in [0.15, 0.2) is 35.3 Å². The number of pyridine rings is 1. The van der Waals surface area contributed by atoms with Crippen molar-refractivity contribution in [1.82, 2.24) is 10.3 Å². The molecule has 4 rings (SSSR count). The maximum atomic E-state index is 11.7. The molecule has 0 spiro atoms. The first kappa shape index (κ1) is 13.8. The maximum absolute atomic E-state index is 11.7. The summed E-state index contributed by atoms with van der Waals surface area (Å²) in [6, 6.07) is 8.44. The molecule has 2 N–H and O–H groups in total. The molecule has 2 aliphatic rings. The predicted octanol–water partition coefficient (Wildman–Crippen LogP) is 2.83. The Labute approximate surface area is 129 Å². The Balaban J connectivity index is 1.39. The maximum Gasteiger partial charge on any atom is 0.255 e. The van der Waals surface area contributed by atoms with Crippen molar-refractivity contribution in [2.24, 2.45) is 5.92 Å². The Morgan fingerprint density at radius 1 is 1.18 bits per heavy atom. The minimum absolute atomic E-state index is 0.0452. The second kappa shape index (κ2) is 5.76. The van der Waals surface area contributed by atoms with Crippen LogP contribution in [0.3, 0.4) is 0 Å². The van der Waals surface area contributed by atoms with Crippen LogP contribution in [-0.4, -0.2) is 23.7 Å². The summed E-state index contributed by atoms with van der Waals surface area (Å²) in [5, 5.41) is 5.27. The molecule has 2 aliphatic carbocycles. The summed E-state index contributed by atoms with van der Waals surface area (Å²) in [5.41, 5.74) is -0.0452. The average molecular weight is 298 g/mol. The summed E-state index contributed by atoms with van der Waals surface area (Å²) < 4.78 is 6.14. The molecule has 1 aromatic carbocycles. The van der Waals surface area contributed by atoms with Gasteiger partial charge in [0.1, 0.15) is 5.75 Å². The van der Waals surface area contributed by atoms with Crippen LogP contribution in [-0.2, 0) is 0 Å². The van der Waals surface area contributed by atoms with Crippen LogP contribution in [0, 0.1) is 5.92 Å². The van der Waals surface area contributed by atoms with Crippen molar-refractivity contribution in [1.29, 1.82) is 0 Å². The molecule has 4 heteroatoms. The molecule has 2 atom stereocenters. The second-order valence-electron chi connectivity index (χ2n) is 6.66.